The molecule has 1 saturated heterocycles. The molecule has 14 heteroatoms. The van der Waals surface area contributed by atoms with Crippen LogP contribution in [0.25, 0.3) is 0 Å². The molecule has 0 N–H and O–H groups in total. The van der Waals surface area contributed by atoms with Gasteiger partial charge in [0.05, 0.1) is 0 Å². The summed E-state index contributed by atoms with van der Waals surface area (Å²) in [7, 11) is 0. The van der Waals surface area contributed by atoms with Crippen molar-refractivity contribution in [3.05, 3.63) is 125 Å². The minimum Gasteiger partial charge on any atom is -0.485 e. The number of hydrogen-bond acceptors (Lipinski definition) is 14. The third-order valence-corrected chi connectivity index (χ3v) is 8.37. The molecule has 5 rings (SSSR count). The zero-order valence-electron chi connectivity index (χ0n) is 32.0. The highest BCUT2D eigenvalue weighted by Gasteiger charge is 2.53. The first-order chi connectivity index (χ1) is 27.5. The first-order valence-corrected chi connectivity index (χ1v) is 18.1. The van der Waals surface area contributed by atoms with E-state index in [1.54, 1.807) is 0 Å². The Labute approximate surface area is 329 Å². The summed E-state index contributed by atoms with van der Waals surface area (Å²) in [5, 5.41) is 0. The summed E-state index contributed by atoms with van der Waals surface area (Å²) in [5.74, 6) is -2.95. The summed E-state index contributed by atoms with van der Waals surface area (Å²) in [5.41, 5.74) is 2.72. The van der Waals surface area contributed by atoms with Crippen LogP contribution in [0, 0.1) is 0 Å². The molecule has 14 nitrogen and oxygen atoms in total. The Morgan fingerprint density at radius 3 is 1.44 bits per heavy atom. The van der Waals surface area contributed by atoms with E-state index in [4.69, 9.17) is 42.6 Å². The smallest absolute Gasteiger partial charge is 0.303 e. The molecule has 1 heterocycles. The van der Waals surface area contributed by atoms with Crippen LogP contribution >= 0.6 is 0 Å². The summed E-state index contributed by atoms with van der Waals surface area (Å²) < 4.78 is 52.4. The van der Waals surface area contributed by atoms with Crippen LogP contribution in [0.4, 0.5) is 0 Å². The third-order valence-electron chi connectivity index (χ3n) is 8.37. The van der Waals surface area contributed by atoms with Crippen molar-refractivity contribution < 1.29 is 66.6 Å². The molecule has 0 bridgehead atoms. The highest BCUT2D eigenvalue weighted by atomic mass is 16.7. The van der Waals surface area contributed by atoms with E-state index >= 15 is 0 Å². The maximum Gasteiger partial charge on any atom is 0.303 e. The lowest BCUT2D eigenvalue weighted by Gasteiger charge is -2.43. The van der Waals surface area contributed by atoms with Crippen LogP contribution in [-0.2, 0) is 67.4 Å². The number of esters is 4. The second-order valence-corrected chi connectivity index (χ2v) is 12.9. The van der Waals surface area contributed by atoms with Gasteiger partial charge in [-0.25, -0.2) is 0 Å². The van der Waals surface area contributed by atoms with Crippen molar-refractivity contribution >= 4 is 29.7 Å². The van der Waals surface area contributed by atoms with Crippen LogP contribution in [0.15, 0.2) is 103 Å². The number of benzene rings is 4. The van der Waals surface area contributed by atoms with Gasteiger partial charge < -0.3 is 42.6 Å². The number of carbonyl (C=O) groups excluding carboxylic acids is 5. The van der Waals surface area contributed by atoms with Crippen LogP contribution in [0.5, 0.6) is 17.2 Å². The molecular weight excluding hydrogens is 740 g/mol. The second kappa shape index (κ2) is 20.6. The topological polar surface area (TPSA) is 168 Å². The molecule has 0 saturated carbocycles. The number of carbonyl (C=O) groups is 5. The van der Waals surface area contributed by atoms with Crippen molar-refractivity contribution in [3.8, 4) is 17.2 Å². The van der Waals surface area contributed by atoms with Crippen LogP contribution < -0.4 is 14.2 Å². The van der Waals surface area contributed by atoms with E-state index in [1.807, 2.05) is 91.0 Å². The SMILES string of the molecule is CC(=O)OCC1OC(OCC(=O)c2cc(OCc3ccccc3)c(OCc3ccccc3)c(OCc3ccccc3)c2)C(OC(C)=O)C(OC(C)=O)C1OC(C)=O. The lowest BCUT2D eigenvalue weighted by Crippen LogP contribution is -2.63. The molecule has 1 fully saturated rings. The zero-order valence-corrected chi connectivity index (χ0v) is 32.0. The summed E-state index contributed by atoms with van der Waals surface area (Å²) in [6.45, 7) is 3.82. The number of ketones is 1. The molecule has 57 heavy (non-hydrogen) atoms. The molecular formula is C43H44O14. The first kappa shape index (κ1) is 41.9. The van der Waals surface area contributed by atoms with Crippen LogP contribution in [0.3, 0.4) is 0 Å². The first-order valence-electron chi connectivity index (χ1n) is 18.1. The van der Waals surface area contributed by atoms with Crippen molar-refractivity contribution in [3.63, 3.8) is 0 Å². The molecule has 300 valence electrons. The molecule has 0 spiro atoms. The fraction of sp³-hybridized carbons (Fsp3) is 0.326. The van der Waals surface area contributed by atoms with Crippen LogP contribution in [-0.4, -0.2) is 73.6 Å². The summed E-state index contributed by atoms with van der Waals surface area (Å²) in [4.78, 5) is 62.5. The molecule has 1 aliphatic heterocycles. The van der Waals surface area contributed by atoms with E-state index in [1.165, 1.54) is 12.1 Å². The average Bonchev–Trinajstić information content (AvgIpc) is 3.19. The van der Waals surface area contributed by atoms with Gasteiger partial charge >= 0.3 is 23.9 Å². The van der Waals surface area contributed by atoms with Gasteiger partial charge in [0.1, 0.15) is 39.1 Å². The molecule has 0 aromatic heterocycles. The molecule has 4 aromatic rings. The van der Waals surface area contributed by atoms with E-state index in [-0.39, 0.29) is 42.6 Å². The Balaban J connectivity index is 1.48. The molecule has 5 unspecified atom stereocenters. The highest BCUT2D eigenvalue weighted by molar-refractivity contribution is 5.98. The van der Waals surface area contributed by atoms with Gasteiger partial charge in [-0.15, -0.1) is 0 Å². The highest BCUT2D eigenvalue weighted by Crippen LogP contribution is 2.41. The lowest BCUT2D eigenvalue weighted by molar-refractivity contribution is -0.305. The van der Waals surface area contributed by atoms with Crippen molar-refractivity contribution in [2.45, 2.75) is 78.2 Å². The van der Waals surface area contributed by atoms with Crippen LogP contribution in [0.1, 0.15) is 54.7 Å². The summed E-state index contributed by atoms with van der Waals surface area (Å²) in [6, 6.07) is 31.4. The number of hydrogen-bond donors (Lipinski definition) is 0. The van der Waals surface area contributed by atoms with Gasteiger partial charge in [0.25, 0.3) is 0 Å². The normalized spacial score (nSPS) is 18.7. The molecule has 0 aliphatic carbocycles. The van der Waals surface area contributed by atoms with Crippen molar-refractivity contribution in [1.82, 2.24) is 0 Å². The zero-order chi connectivity index (χ0) is 40.7. The third kappa shape index (κ3) is 12.6. The Bertz CT molecular complexity index is 1900. The minimum absolute atomic E-state index is 0.110. The monoisotopic (exact) mass is 784 g/mol. The molecule has 1 aliphatic rings. The maximum atomic E-state index is 14.1. The largest absolute Gasteiger partial charge is 0.485 e. The van der Waals surface area contributed by atoms with E-state index in [2.05, 4.69) is 0 Å². The van der Waals surface area contributed by atoms with E-state index in [9.17, 15) is 24.0 Å². The minimum atomic E-state index is -1.56. The second-order valence-electron chi connectivity index (χ2n) is 12.9. The lowest BCUT2D eigenvalue weighted by atomic mass is 9.98. The van der Waals surface area contributed by atoms with E-state index in [0.717, 1.165) is 44.4 Å². The maximum absolute atomic E-state index is 14.1. The van der Waals surface area contributed by atoms with Gasteiger partial charge in [0.2, 0.25) is 5.75 Å². The van der Waals surface area contributed by atoms with Crippen LogP contribution in [0.2, 0.25) is 0 Å². The number of ether oxygens (including phenoxy) is 9. The van der Waals surface area contributed by atoms with Gasteiger partial charge in [-0.05, 0) is 28.8 Å². The molecule has 4 aromatic carbocycles. The van der Waals surface area contributed by atoms with Crippen molar-refractivity contribution in [2.24, 2.45) is 0 Å². The fourth-order valence-corrected chi connectivity index (χ4v) is 5.86. The molecule has 0 radical (unpaired) electrons. The van der Waals surface area contributed by atoms with Gasteiger partial charge in [-0.3, -0.25) is 24.0 Å². The van der Waals surface area contributed by atoms with E-state index < -0.39 is 73.6 Å². The Morgan fingerprint density at radius 2 is 0.982 bits per heavy atom. The summed E-state index contributed by atoms with van der Waals surface area (Å²) >= 11 is 0. The number of rotatable bonds is 18. The Hall–Kier alpha value is -6.25. The summed E-state index contributed by atoms with van der Waals surface area (Å²) in [6.07, 6.45) is -7.19. The van der Waals surface area contributed by atoms with E-state index in [0.29, 0.717) is 0 Å². The average molecular weight is 785 g/mol. The fourth-order valence-electron chi connectivity index (χ4n) is 5.86. The molecule has 5 atom stereocenters. The van der Waals surface area contributed by atoms with Crippen molar-refractivity contribution in [1.29, 1.82) is 0 Å². The quantitative estimate of drug-likeness (QED) is 0.0684. The Kier molecular flexibility index (Phi) is 15.1. The van der Waals surface area contributed by atoms with Gasteiger partial charge in [0.15, 0.2) is 41.9 Å². The molecule has 0 amide bonds. The van der Waals surface area contributed by atoms with Gasteiger partial charge in [-0.2, -0.15) is 0 Å². The number of Topliss-reactive ketones (excluding diaryl/α,β-unsaturated/α-hetero) is 1. The van der Waals surface area contributed by atoms with Gasteiger partial charge in [0, 0.05) is 33.3 Å². The Morgan fingerprint density at radius 1 is 0.544 bits per heavy atom. The predicted octanol–water partition coefficient (Wildman–Crippen LogP) is 5.71. The van der Waals surface area contributed by atoms with Crippen molar-refractivity contribution in [2.75, 3.05) is 13.2 Å². The predicted molar refractivity (Wildman–Crippen MR) is 201 cm³/mol. The standard InChI is InChI=1S/C43H44O14/c1-27(44)49-26-38-40(54-28(2)45)41(55-29(3)46)42(56-30(4)47)43(57-38)53-25-35(48)34-20-36(50-22-31-14-8-5-9-15-31)39(52-24-33-18-12-7-13-19-33)37(21-34)51-23-32-16-10-6-11-17-32/h5-21,38,40-43H,22-26H2,1-4H3. The van der Waals surface area contributed by atoms with Gasteiger partial charge in [-0.1, -0.05) is 91.0 Å².